The Bertz CT molecular complexity index is 399. The molecule has 0 saturated heterocycles. The molecule has 0 amide bonds. The minimum atomic E-state index is -1.32. The highest BCUT2D eigenvalue weighted by molar-refractivity contribution is 5.98. The molecule has 1 aromatic carbocycles. The lowest BCUT2D eigenvalue weighted by molar-refractivity contribution is -0.435. The first kappa shape index (κ1) is 13.2. The Hall–Kier alpha value is -1.88. The maximum atomic E-state index is 11.7. The highest BCUT2D eigenvalue weighted by atomic mass is 16.5. The second-order valence-corrected chi connectivity index (χ2v) is 3.60. The first-order valence-electron chi connectivity index (χ1n) is 5.34. The van der Waals surface area contributed by atoms with Gasteiger partial charge in [-0.3, -0.25) is 4.79 Å². The van der Waals surface area contributed by atoms with Crippen LogP contribution in [0.5, 0.6) is 5.75 Å². The van der Waals surface area contributed by atoms with Gasteiger partial charge in [-0.2, -0.15) is 0 Å². The van der Waals surface area contributed by atoms with E-state index in [1.54, 1.807) is 24.3 Å². The summed E-state index contributed by atoms with van der Waals surface area (Å²) < 4.78 is 5.23. The van der Waals surface area contributed by atoms with Crippen molar-refractivity contribution in [3.63, 3.8) is 0 Å². The van der Waals surface area contributed by atoms with Gasteiger partial charge >= 0.3 is 0 Å². The fraction of sp³-hybridized carbons (Fsp3) is 0.333. The summed E-state index contributed by atoms with van der Waals surface area (Å²) in [5.74, 6) is -0.906. The molecule has 0 fully saturated rings. The molecule has 5 nitrogen and oxygen atoms in total. The van der Waals surface area contributed by atoms with Gasteiger partial charge in [0, 0.05) is 5.56 Å². The van der Waals surface area contributed by atoms with Crippen LogP contribution >= 0.6 is 0 Å². The predicted molar refractivity (Wildman–Crippen MR) is 58.2 cm³/mol. The molecule has 1 aromatic rings. The molecule has 92 valence electrons. The van der Waals surface area contributed by atoms with Crippen molar-refractivity contribution in [3.8, 4) is 5.75 Å². The number of carbonyl (C=O) groups excluding carboxylic acids is 2. The summed E-state index contributed by atoms with van der Waals surface area (Å²) in [6.07, 6.45) is -0.156. The third kappa shape index (κ3) is 3.88. The van der Waals surface area contributed by atoms with Crippen molar-refractivity contribution in [3.05, 3.63) is 29.8 Å². The van der Waals surface area contributed by atoms with Crippen LogP contribution in [0.15, 0.2) is 24.3 Å². The van der Waals surface area contributed by atoms with E-state index >= 15 is 0 Å². The number of carboxylic acids is 1. The van der Waals surface area contributed by atoms with E-state index in [2.05, 4.69) is 5.73 Å². The van der Waals surface area contributed by atoms with Crippen LogP contribution in [0.4, 0.5) is 0 Å². The molecule has 0 aliphatic heterocycles. The molecule has 0 saturated carbocycles. The number of quaternary nitrogens is 1. The van der Waals surface area contributed by atoms with Gasteiger partial charge in [0.25, 0.3) is 0 Å². The van der Waals surface area contributed by atoms with Crippen molar-refractivity contribution in [2.45, 2.75) is 19.4 Å². The molecule has 0 aliphatic rings. The fourth-order valence-electron chi connectivity index (χ4n) is 1.33. The number of benzene rings is 1. The number of rotatable bonds is 6. The van der Waals surface area contributed by atoms with E-state index < -0.39 is 12.0 Å². The van der Waals surface area contributed by atoms with Gasteiger partial charge in [0.05, 0.1) is 19.0 Å². The molecular formula is C12H15NO4. The number of hydrogen-bond donors (Lipinski definition) is 1. The monoisotopic (exact) mass is 237 g/mol. The Balaban J connectivity index is 2.66. The predicted octanol–water partition coefficient (Wildman–Crippen LogP) is -0.981. The zero-order valence-corrected chi connectivity index (χ0v) is 9.64. The van der Waals surface area contributed by atoms with Gasteiger partial charge in [-0.25, -0.2) is 0 Å². The van der Waals surface area contributed by atoms with E-state index in [9.17, 15) is 14.7 Å². The Morgan fingerprint density at radius 1 is 1.35 bits per heavy atom. The van der Waals surface area contributed by atoms with Crippen LogP contribution < -0.4 is 15.6 Å². The van der Waals surface area contributed by atoms with Gasteiger partial charge in [0.1, 0.15) is 11.8 Å². The van der Waals surface area contributed by atoms with Crippen molar-refractivity contribution >= 4 is 11.8 Å². The number of ketones is 1. The van der Waals surface area contributed by atoms with Crippen LogP contribution in [0, 0.1) is 0 Å². The average Bonchev–Trinajstić information content (AvgIpc) is 2.30. The van der Waals surface area contributed by atoms with Crippen LogP contribution in [0.25, 0.3) is 0 Å². The molecular weight excluding hydrogens is 222 g/mol. The molecule has 0 radical (unpaired) electrons. The van der Waals surface area contributed by atoms with E-state index in [0.29, 0.717) is 17.9 Å². The van der Waals surface area contributed by atoms with Gasteiger partial charge < -0.3 is 20.4 Å². The normalized spacial score (nSPS) is 11.9. The molecule has 0 bridgehead atoms. The standard InChI is InChI=1S/C12H15NO4/c1-2-17-9-5-3-8(4-6-9)11(14)7-10(13)12(15)16/h3-6,10H,2,7,13H2,1H3,(H,15,16)/t10-/m0/s1. The lowest BCUT2D eigenvalue weighted by atomic mass is 10.0. The third-order valence-corrected chi connectivity index (χ3v) is 2.25. The molecule has 3 N–H and O–H groups in total. The summed E-state index contributed by atoms with van der Waals surface area (Å²) in [7, 11) is 0. The van der Waals surface area contributed by atoms with E-state index in [4.69, 9.17) is 4.74 Å². The van der Waals surface area contributed by atoms with Crippen LogP contribution in [-0.2, 0) is 4.79 Å². The Labute approximate surface area is 99.2 Å². The van der Waals surface area contributed by atoms with Gasteiger partial charge in [0.2, 0.25) is 0 Å². The van der Waals surface area contributed by atoms with Gasteiger partial charge in [-0.15, -0.1) is 0 Å². The highest BCUT2D eigenvalue weighted by Crippen LogP contribution is 2.13. The molecule has 0 spiro atoms. The third-order valence-electron chi connectivity index (χ3n) is 2.25. The Morgan fingerprint density at radius 3 is 2.41 bits per heavy atom. The van der Waals surface area contributed by atoms with Crippen molar-refractivity contribution in [2.24, 2.45) is 0 Å². The fourth-order valence-corrected chi connectivity index (χ4v) is 1.33. The van der Waals surface area contributed by atoms with E-state index in [1.807, 2.05) is 6.92 Å². The molecule has 0 aliphatic carbocycles. The lowest BCUT2D eigenvalue weighted by Gasteiger charge is -2.08. The van der Waals surface area contributed by atoms with Crippen LogP contribution in [0.3, 0.4) is 0 Å². The first-order valence-corrected chi connectivity index (χ1v) is 5.34. The van der Waals surface area contributed by atoms with Gasteiger partial charge in [0.15, 0.2) is 5.78 Å². The quantitative estimate of drug-likeness (QED) is 0.643. The molecule has 0 unspecified atom stereocenters. The summed E-state index contributed by atoms with van der Waals surface area (Å²) in [5, 5.41) is 10.5. The van der Waals surface area contributed by atoms with Crippen molar-refractivity contribution in [1.82, 2.24) is 0 Å². The number of Topliss-reactive ketones (excluding diaryl/α,β-unsaturated/α-hetero) is 1. The van der Waals surface area contributed by atoms with Crippen molar-refractivity contribution in [2.75, 3.05) is 6.61 Å². The Morgan fingerprint density at radius 2 is 1.94 bits per heavy atom. The minimum Gasteiger partial charge on any atom is -0.544 e. The highest BCUT2D eigenvalue weighted by Gasteiger charge is 2.15. The van der Waals surface area contributed by atoms with E-state index in [1.165, 1.54) is 0 Å². The topological polar surface area (TPSA) is 94.1 Å². The smallest absolute Gasteiger partial charge is 0.169 e. The second-order valence-electron chi connectivity index (χ2n) is 3.60. The first-order chi connectivity index (χ1) is 8.04. The molecule has 17 heavy (non-hydrogen) atoms. The zero-order valence-electron chi connectivity index (χ0n) is 9.64. The second kappa shape index (κ2) is 6.00. The molecule has 0 heterocycles. The maximum absolute atomic E-state index is 11.7. The maximum Gasteiger partial charge on any atom is 0.169 e. The molecule has 1 atom stereocenters. The minimum absolute atomic E-state index is 0.156. The molecule has 0 aromatic heterocycles. The number of hydrogen-bond acceptors (Lipinski definition) is 4. The summed E-state index contributed by atoms with van der Waals surface area (Å²) in [4.78, 5) is 22.1. The summed E-state index contributed by atoms with van der Waals surface area (Å²) in [6.45, 7) is 2.42. The zero-order chi connectivity index (χ0) is 12.8. The summed E-state index contributed by atoms with van der Waals surface area (Å²) in [6, 6.07) is 5.54. The molecule has 5 heteroatoms. The van der Waals surface area contributed by atoms with Crippen molar-refractivity contribution in [1.29, 1.82) is 0 Å². The average molecular weight is 237 g/mol. The van der Waals surface area contributed by atoms with Crippen LogP contribution in [-0.4, -0.2) is 24.4 Å². The van der Waals surface area contributed by atoms with Gasteiger partial charge in [-0.1, -0.05) is 0 Å². The number of carboxylic acid groups (broad SMARTS) is 1. The largest absolute Gasteiger partial charge is 0.544 e. The van der Waals surface area contributed by atoms with Crippen LogP contribution in [0.2, 0.25) is 0 Å². The van der Waals surface area contributed by atoms with Crippen LogP contribution in [0.1, 0.15) is 23.7 Å². The van der Waals surface area contributed by atoms with Crippen molar-refractivity contribution < 1.29 is 25.2 Å². The van der Waals surface area contributed by atoms with Gasteiger partial charge in [-0.05, 0) is 31.2 Å². The number of ether oxygens (including phenoxy) is 1. The Kier molecular flexibility index (Phi) is 4.66. The number of carbonyl (C=O) groups is 2. The number of aliphatic carboxylic acids is 1. The van der Waals surface area contributed by atoms with E-state index in [0.717, 1.165) is 0 Å². The molecule has 1 rings (SSSR count). The SMILES string of the molecule is CCOc1ccc(C(=O)C[C@H]([NH3+])C(=O)[O-])cc1. The van der Waals surface area contributed by atoms with E-state index in [-0.39, 0.29) is 12.2 Å². The summed E-state index contributed by atoms with van der Waals surface area (Å²) in [5.41, 5.74) is 3.79. The lowest BCUT2D eigenvalue weighted by Crippen LogP contribution is -2.68. The summed E-state index contributed by atoms with van der Waals surface area (Å²) >= 11 is 0.